The van der Waals surface area contributed by atoms with E-state index < -0.39 is 17.6 Å². The average Bonchev–Trinajstić information content (AvgIpc) is 3.38. The molecule has 2 fully saturated rings. The van der Waals surface area contributed by atoms with Gasteiger partial charge < -0.3 is 16.0 Å². The number of nitrogens with one attached hydrogen (secondary N) is 1. The molecule has 43 heavy (non-hydrogen) atoms. The van der Waals surface area contributed by atoms with Gasteiger partial charge in [0.25, 0.3) is 5.91 Å². The van der Waals surface area contributed by atoms with Crippen LogP contribution < -0.4 is 11.1 Å². The zero-order chi connectivity index (χ0) is 30.5. The van der Waals surface area contributed by atoms with E-state index in [1.807, 2.05) is 15.5 Å². The van der Waals surface area contributed by atoms with Crippen molar-refractivity contribution < 1.29 is 22.8 Å². The molecule has 6 rings (SSSR count). The van der Waals surface area contributed by atoms with Crippen molar-refractivity contribution >= 4 is 29.0 Å². The minimum absolute atomic E-state index is 0.00105. The molecule has 0 saturated carbocycles. The molecule has 0 spiro atoms. The van der Waals surface area contributed by atoms with Crippen molar-refractivity contribution in [2.45, 2.75) is 50.9 Å². The Morgan fingerprint density at radius 2 is 1.84 bits per heavy atom. The van der Waals surface area contributed by atoms with Crippen LogP contribution in [0.4, 0.5) is 24.8 Å². The van der Waals surface area contributed by atoms with Crippen molar-refractivity contribution in [3.63, 3.8) is 0 Å². The number of halogens is 3. The van der Waals surface area contributed by atoms with Crippen LogP contribution in [0.3, 0.4) is 0 Å². The summed E-state index contributed by atoms with van der Waals surface area (Å²) in [5, 5.41) is 2.42. The highest BCUT2D eigenvalue weighted by molar-refractivity contribution is 6.04. The number of benzene rings is 1. The Kier molecular flexibility index (Phi) is 7.28. The Bertz CT molecular complexity index is 1690. The fourth-order valence-electron chi connectivity index (χ4n) is 5.95. The predicted molar refractivity (Wildman–Crippen MR) is 154 cm³/mol. The highest BCUT2D eigenvalue weighted by atomic mass is 19.4. The van der Waals surface area contributed by atoms with E-state index >= 15 is 0 Å². The first-order valence-corrected chi connectivity index (χ1v) is 14.1. The number of fused-ring (bicyclic) bond motifs is 2. The third-order valence-electron chi connectivity index (χ3n) is 8.27. The van der Waals surface area contributed by atoms with Crippen molar-refractivity contribution in [2.75, 3.05) is 30.7 Å². The van der Waals surface area contributed by atoms with E-state index in [2.05, 4.69) is 34.0 Å². The number of aromatic nitrogens is 4. The number of anilines is 2. The molecule has 0 bridgehead atoms. The molecule has 0 aliphatic carbocycles. The molecule has 3 N–H and O–H groups in total. The van der Waals surface area contributed by atoms with Crippen LogP contribution in [0.5, 0.6) is 0 Å². The topological polar surface area (TPSA) is 122 Å². The van der Waals surface area contributed by atoms with Gasteiger partial charge in [0.1, 0.15) is 28.7 Å². The van der Waals surface area contributed by atoms with E-state index in [9.17, 15) is 22.8 Å². The number of nitrogen functional groups attached to an aromatic ring is 1. The van der Waals surface area contributed by atoms with Crippen molar-refractivity contribution in [1.29, 1.82) is 0 Å². The van der Waals surface area contributed by atoms with Gasteiger partial charge in [0, 0.05) is 60.8 Å². The molecule has 2 aliphatic rings. The number of hydrogen-bond donors (Lipinski definition) is 2. The zero-order valence-electron chi connectivity index (χ0n) is 23.7. The maximum Gasteiger partial charge on any atom is 0.416 e. The number of alkyl halides is 3. The fourth-order valence-corrected chi connectivity index (χ4v) is 5.95. The number of carbonyl (C=O) groups excluding carboxylic acids is 2. The number of amides is 2. The van der Waals surface area contributed by atoms with Crippen LogP contribution in [-0.2, 0) is 11.0 Å². The van der Waals surface area contributed by atoms with Gasteiger partial charge in [0.05, 0.1) is 12.1 Å². The highest BCUT2D eigenvalue weighted by Gasteiger charge is 2.39. The predicted octanol–water partition coefficient (Wildman–Crippen LogP) is 4.44. The lowest BCUT2D eigenvalue weighted by molar-refractivity contribution is -0.143. The third-order valence-corrected chi connectivity index (χ3v) is 8.27. The van der Waals surface area contributed by atoms with Crippen LogP contribution in [0.25, 0.3) is 16.8 Å². The second kappa shape index (κ2) is 11.0. The van der Waals surface area contributed by atoms with Gasteiger partial charge in [-0.15, -0.1) is 0 Å². The van der Waals surface area contributed by atoms with Crippen molar-refractivity contribution in [1.82, 2.24) is 29.2 Å². The minimum Gasteiger partial charge on any atom is -0.382 e. The molecular weight excluding hydrogens is 561 g/mol. The lowest BCUT2D eigenvalue weighted by Gasteiger charge is -2.46. The van der Waals surface area contributed by atoms with E-state index in [-0.39, 0.29) is 29.2 Å². The maximum absolute atomic E-state index is 13.1. The van der Waals surface area contributed by atoms with Gasteiger partial charge in [0.15, 0.2) is 0 Å². The summed E-state index contributed by atoms with van der Waals surface area (Å²) in [5.41, 5.74) is 7.55. The van der Waals surface area contributed by atoms with Gasteiger partial charge in [-0.25, -0.2) is 15.0 Å². The van der Waals surface area contributed by atoms with E-state index in [0.717, 1.165) is 43.5 Å². The number of pyridine rings is 1. The summed E-state index contributed by atoms with van der Waals surface area (Å²) in [6.07, 6.45) is 1.61. The van der Waals surface area contributed by atoms with E-state index in [0.29, 0.717) is 41.7 Å². The molecule has 1 unspecified atom stereocenters. The second-order valence-electron chi connectivity index (χ2n) is 11.3. The first-order chi connectivity index (χ1) is 20.5. The number of nitrogens with two attached hydrogens (primary N) is 1. The maximum atomic E-state index is 13.1. The average molecular weight is 593 g/mol. The molecule has 5 heterocycles. The standard InChI is InChI=1S/C30H31F3N8O2/c1-17(2)39-15-22-8-7-20(14-41(22)24(42)16-39)28-38-25(26-27(34)36-11-12-40(26)28)18-3-5-19(6-4-18)29(43)37-23-13-21(9-10-35-23)30(31,32)33/h3-6,9-13,17,20,22H,7-8,14-16H2,1-2H3,(H2,34,36)(H,35,37,43)/t20?,22-/m0/s1. The summed E-state index contributed by atoms with van der Waals surface area (Å²) in [6, 6.07) is 8.66. The smallest absolute Gasteiger partial charge is 0.382 e. The van der Waals surface area contributed by atoms with Crippen LogP contribution in [-0.4, -0.2) is 72.7 Å². The van der Waals surface area contributed by atoms with E-state index in [1.54, 1.807) is 30.5 Å². The number of nitrogens with zero attached hydrogens (tertiary/aromatic N) is 6. The van der Waals surface area contributed by atoms with Gasteiger partial charge in [0.2, 0.25) is 5.91 Å². The zero-order valence-corrected chi connectivity index (χ0v) is 23.7. The molecule has 2 aliphatic heterocycles. The first-order valence-electron chi connectivity index (χ1n) is 14.1. The number of piperidine rings is 1. The highest BCUT2D eigenvalue weighted by Crippen LogP contribution is 2.36. The molecule has 2 amide bonds. The van der Waals surface area contributed by atoms with Gasteiger partial charge in [-0.1, -0.05) is 12.1 Å². The van der Waals surface area contributed by atoms with Crippen LogP contribution in [0.2, 0.25) is 0 Å². The summed E-state index contributed by atoms with van der Waals surface area (Å²) in [7, 11) is 0. The van der Waals surface area contributed by atoms with Crippen LogP contribution in [0.1, 0.15) is 54.4 Å². The summed E-state index contributed by atoms with van der Waals surface area (Å²) >= 11 is 0. The number of rotatable bonds is 5. The molecule has 2 atom stereocenters. The lowest BCUT2D eigenvalue weighted by atomic mass is 9.90. The Labute approximate surface area is 245 Å². The Balaban J connectivity index is 1.25. The third kappa shape index (κ3) is 5.52. The normalized spacial score (nSPS) is 19.6. The largest absolute Gasteiger partial charge is 0.416 e. The minimum atomic E-state index is -4.55. The number of imidazole rings is 1. The fraction of sp³-hybridized carbons (Fsp3) is 0.367. The SMILES string of the molecule is CC(C)N1CC(=O)N2CC(c3nc(-c4ccc(C(=O)Nc5cc(C(F)(F)F)ccn5)cc4)c4c(N)nccn34)CC[C@H]2C1. The molecule has 224 valence electrons. The monoisotopic (exact) mass is 592 g/mol. The van der Waals surface area contributed by atoms with E-state index in [4.69, 9.17) is 10.7 Å². The molecule has 4 aromatic rings. The molecule has 2 saturated heterocycles. The van der Waals surface area contributed by atoms with Crippen molar-refractivity contribution in [3.8, 4) is 11.3 Å². The quantitative estimate of drug-likeness (QED) is 0.351. The first kappa shape index (κ1) is 28.6. The molecule has 3 aromatic heterocycles. The molecule has 10 nitrogen and oxygen atoms in total. The van der Waals surface area contributed by atoms with Crippen LogP contribution in [0.15, 0.2) is 55.0 Å². The Morgan fingerprint density at radius 1 is 1.07 bits per heavy atom. The van der Waals surface area contributed by atoms with Crippen LogP contribution >= 0.6 is 0 Å². The van der Waals surface area contributed by atoms with Gasteiger partial charge >= 0.3 is 6.18 Å². The number of piperazine rings is 1. The summed E-state index contributed by atoms with van der Waals surface area (Å²) in [4.78, 5) is 43.2. The Hall–Kier alpha value is -4.52. The Morgan fingerprint density at radius 3 is 2.56 bits per heavy atom. The van der Waals surface area contributed by atoms with E-state index in [1.165, 1.54) is 0 Å². The summed E-state index contributed by atoms with van der Waals surface area (Å²) in [5.74, 6) is 0.406. The van der Waals surface area contributed by atoms with Crippen LogP contribution in [0, 0.1) is 0 Å². The van der Waals surface area contributed by atoms with Crippen molar-refractivity contribution in [3.05, 3.63) is 71.9 Å². The van der Waals surface area contributed by atoms with Crippen molar-refractivity contribution in [2.24, 2.45) is 0 Å². The molecule has 13 heteroatoms. The molecule has 1 aromatic carbocycles. The number of carbonyl (C=O) groups is 2. The number of hydrogen-bond acceptors (Lipinski definition) is 7. The summed E-state index contributed by atoms with van der Waals surface area (Å²) in [6.45, 7) is 6.06. The van der Waals surface area contributed by atoms with Gasteiger partial charge in [-0.05, 0) is 51.0 Å². The summed E-state index contributed by atoms with van der Waals surface area (Å²) < 4.78 is 41.1. The second-order valence-corrected chi connectivity index (χ2v) is 11.3. The lowest BCUT2D eigenvalue weighted by Crippen LogP contribution is -2.60. The molecule has 0 radical (unpaired) electrons. The molecular formula is C30H31F3N8O2. The van der Waals surface area contributed by atoms with Gasteiger partial charge in [-0.2, -0.15) is 13.2 Å². The van der Waals surface area contributed by atoms with Gasteiger partial charge in [-0.3, -0.25) is 18.9 Å².